The van der Waals surface area contributed by atoms with Crippen molar-refractivity contribution in [2.24, 2.45) is 5.73 Å². The molecule has 0 aromatic rings. The summed E-state index contributed by atoms with van der Waals surface area (Å²) >= 11 is 0. The van der Waals surface area contributed by atoms with Crippen LogP contribution in [0.2, 0.25) is 0 Å². The number of unbranched alkanes of at least 4 members (excludes halogenated alkanes) is 5. The number of hydrogen-bond donors (Lipinski definition) is 1. The Morgan fingerprint density at radius 3 is 2.07 bits per heavy atom. The fraction of sp³-hybridized carbons (Fsp3) is 0.917. The fourth-order valence-electron chi connectivity index (χ4n) is 1.52. The molecule has 0 saturated heterocycles. The summed E-state index contributed by atoms with van der Waals surface area (Å²) in [5.41, 5.74) is 5.38. The summed E-state index contributed by atoms with van der Waals surface area (Å²) in [7, 11) is 0. The normalized spacial score (nSPS) is 10.4. The average molecular weight is 199 g/mol. The Bertz CT molecular complexity index is 134. The van der Waals surface area contributed by atoms with Crippen molar-refractivity contribution < 1.29 is 4.79 Å². The van der Waals surface area contributed by atoms with Crippen LogP contribution < -0.4 is 5.73 Å². The van der Waals surface area contributed by atoms with Crippen LogP contribution in [0.15, 0.2) is 0 Å². The van der Waals surface area contributed by atoms with E-state index in [-0.39, 0.29) is 0 Å². The Kier molecular flexibility index (Phi) is 10.4. The van der Waals surface area contributed by atoms with Crippen molar-refractivity contribution in [3.63, 3.8) is 0 Å². The van der Waals surface area contributed by atoms with Crippen LogP contribution in [0.4, 0.5) is 0 Å². The monoisotopic (exact) mass is 199 g/mol. The molecule has 0 saturated carbocycles. The Labute approximate surface area is 88.3 Å². The van der Waals surface area contributed by atoms with E-state index in [1.54, 1.807) is 0 Å². The zero-order valence-corrected chi connectivity index (χ0v) is 9.56. The Balaban J connectivity index is 3.10. The van der Waals surface area contributed by atoms with Crippen LogP contribution in [-0.2, 0) is 4.79 Å². The Morgan fingerprint density at radius 2 is 1.50 bits per heavy atom. The molecule has 0 aliphatic carbocycles. The fourth-order valence-corrected chi connectivity index (χ4v) is 1.52. The van der Waals surface area contributed by atoms with Crippen molar-refractivity contribution >= 4 is 5.78 Å². The predicted molar refractivity (Wildman–Crippen MR) is 61.3 cm³/mol. The minimum absolute atomic E-state index is 0.450. The van der Waals surface area contributed by atoms with Crippen LogP contribution in [0.3, 0.4) is 0 Å². The highest BCUT2D eigenvalue weighted by molar-refractivity contribution is 5.78. The van der Waals surface area contributed by atoms with Crippen molar-refractivity contribution in [2.75, 3.05) is 6.54 Å². The number of nitrogens with two attached hydrogens (primary N) is 1. The van der Waals surface area contributed by atoms with Gasteiger partial charge in [-0.05, 0) is 25.8 Å². The number of ketones is 1. The van der Waals surface area contributed by atoms with E-state index in [9.17, 15) is 4.79 Å². The molecule has 0 heterocycles. The summed E-state index contributed by atoms with van der Waals surface area (Å²) in [5, 5.41) is 0. The molecule has 14 heavy (non-hydrogen) atoms. The molecule has 0 spiro atoms. The van der Waals surface area contributed by atoms with Gasteiger partial charge in [0.05, 0.1) is 0 Å². The summed E-state index contributed by atoms with van der Waals surface area (Å²) in [6.45, 7) is 2.95. The summed E-state index contributed by atoms with van der Waals surface area (Å²) in [6.07, 6.45) is 9.56. The third kappa shape index (κ3) is 9.72. The lowest BCUT2D eigenvalue weighted by atomic mass is 10.1. The molecule has 0 aromatic carbocycles. The van der Waals surface area contributed by atoms with Crippen molar-refractivity contribution in [3.05, 3.63) is 0 Å². The summed E-state index contributed by atoms with van der Waals surface area (Å²) in [4.78, 5) is 11.3. The van der Waals surface area contributed by atoms with E-state index in [0.29, 0.717) is 5.78 Å². The molecule has 0 radical (unpaired) electrons. The topological polar surface area (TPSA) is 43.1 Å². The number of rotatable bonds is 10. The third-order valence-corrected chi connectivity index (χ3v) is 2.47. The van der Waals surface area contributed by atoms with Gasteiger partial charge >= 0.3 is 0 Å². The zero-order valence-electron chi connectivity index (χ0n) is 9.56. The molecule has 0 atom stereocenters. The molecular formula is C12H25NO. The van der Waals surface area contributed by atoms with Gasteiger partial charge in [0.15, 0.2) is 0 Å². The van der Waals surface area contributed by atoms with Crippen molar-refractivity contribution in [3.8, 4) is 0 Å². The van der Waals surface area contributed by atoms with Crippen molar-refractivity contribution in [1.29, 1.82) is 0 Å². The van der Waals surface area contributed by atoms with Gasteiger partial charge in [-0.25, -0.2) is 0 Å². The number of hydrogen-bond acceptors (Lipinski definition) is 2. The minimum Gasteiger partial charge on any atom is -0.330 e. The second kappa shape index (κ2) is 10.7. The van der Waals surface area contributed by atoms with E-state index in [1.807, 2.05) is 0 Å². The van der Waals surface area contributed by atoms with Crippen LogP contribution >= 0.6 is 0 Å². The first-order valence-corrected chi connectivity index (χ1v) is 6.03. The molecule has 2 heteroatoms. The zero-order chi connectivity index (χ0) is 10.6. The van der Waals surface area contributed by atoms with Gasteiger partial charge in [0, 0.05) is 12.8 Å². The first kappa shape index (κ1) is 13.6. The molecule has 0 aliphatic heterocycles. The van der Waals surface area contributed by atoms with Gasteiger partial charge in [-0.3, -0.25) is 4.79 Å². The van der Waals surface area contributed by atoms with Crippen LogP contribution in [0.1, 0.15) is 64.7 Å². The van der Waals surface area contributed by atoms with Gasteiger partial charge < -0.3 is 5.73 Å². The van der Waals surface area contributed by atoms with Gasteiger partial charge in [-0.15, -0.1) is 0 Å². The largest absolute Gasteiger partial charge is 0.330 e. The molecule has 2 nitrogen and oxygen atoms in total. The lowest BCUT2D eigenvalue weighted by Gasteiger charge is -2.00. The van der Waals surface area contributed by atoms with E-state index in [2.05, 4.69) is 6.92 Å². The van der Waals surface area contributed by atoms with E-state index in [4.69, 9.17) is 5.73 Å². The molecule has 2 N–H and O–H groups in total. The van der Waals surface area contributed by atoms with E-state index >= 15 is 0 Å². The molecule has 0 aliphatic rings. The Hall–Kier alpha value is -0.370. The van der Waals surface area contributed by atoms with Gasteiger partial charge in [-0.2, -0.15) is 0 Å². The lowest BCUT2D eigenvalue weighted by Crippen LogP contribution is -1.99. The SMILES string of the molecule is CCCCCC(=O)CCCCCCN. The molecule has 0 unspecified atom stereocenters. The van der Waals surface area contributed by atoms with Gasteiger partial charge in [0.2, 0.25) is 0 Å². The first-order valence-electron chi connectivity index (χ1n) is 6.03. The molecular weight excluding hydrogens is 174 g/mol. The number of Topliss-reactive ketones (excluding diaryl/α,β-unsaturated/α-hetero) is 1. The van der Waals surface area contributed by atoms with E-state index in [0.717, 1.165) is 45.1 Å². The second-order valence-corrected chi connectivity index (χ2v) is 3.95. The van der Waals surface area contributed by atoms with Crippen LogP contribution in [0.25, 0.3) is 0 Å². The highest BCUT2D eigenvalue weighted by Crippen LogP contribution is 2.07. The molecule has 0 aromatic heterocycles. The highest BCUT2D eigenvalue weighted by atomic mass is 16.1. The quantitative estimate of drug-likeness (QED) is 0.549. The Morgan fingerprint density at radius 1 is 0.929 bits per heavy atom. The molecule has 0 rings (SSSR count). The molecule has 84 valence electrons. The summed E-state index contributed by atoms with van der Waals surface area (Å²) < 4.78 is 0. The summed E-state index contributed by atoms with van der Waals surface area (Å²) in [6, 6.07) is 0. The van der Waals surface area contributed by atoms with Gasteiger partial charge in [0.1, 0.15) is 5.78 Å². The van der Waals surface area contributed by atoms with Crippen LogP contribution in [0, 0.1) is 0 Å². The average Bonchev–Trinajstić information content (AvgIpc) is 2.18. The molecule has 0 bridgehead atoms. The van der Waals surface area contributed by atoms with Gasteiger partial charge in [0.25, 0.3) is 0 Å². The van der Waals surface area contributed by atoms with E-state index < -0.39 is 0 Å². The van der Waals surface area contributed by atoms with Crippen molar-refractivity contribution in [1.82, 2.24) is 0 Å². The second-order valence-electron chi connectivity index (χ2n) is 3.95. The maximum Gasteiger partial charge on any atom is 0.132 e. The minimum atomic E-state index is 0.450. The summed E-state index contributed by atoms with van der Waals surface area (Å²) in [5.74, 6) is 0.450. The number of carbonyl (C=O) groups excluding carboxylic acids is 1. The van der Waals surface area contributed by atoms with Gasteiger partial charge in [-0.1, -0.05) is 32.6 Å². The van der Waals surface area contributed by atoms with Crippen molar-refractivity contribution in [2.45, 2.75) is 64.7 Å². The van der Waals surface area contributed by atoms with Crippen LogP contribution in [-0.4, -0.2) is 12.3 Å². The first-order chi connectivity index (χ1) is 6.81. The highest BCUT2D eigenvalue weighted by Gasteiger charge is 2.00. The lowest BCUT2D eigenvalue weighted by molar-refractivity contribution is -0.119. The molecule has 0 amide bonds. The molecule has 0 fully saturated rings. The maximum atomic E-state index is 11.3. The third-order valence-electron chi connectivity index (χ3n) is 2.47. The van der Waals surface area contributed by atoms with E-state index in [1.165, 1.54) is 19.3 Å². The smallest absolute Gasteiger partial charge is 0.132 e. The maximum absolute atomic E-state index is 11.3. The predicted octanol–water partition coefficient (Wildman–Crippen LogP) is 3.05. The van der Waals surface area contributed by atoms with Crippen LogP contribution in [0.5, 0.6) is 0 Å². The standard InChI is InChI=1S/C12H25NO/c1-2-3-6-9-12(14)10-7-4-5-8-11-13/h2-11,13H2,1H3. The number of carbonyl (C=O) groups is 1.